The van der Waals surface area contributed by atoms with Gasteiger partial charge in [0.25, 0.3) is 0 Å². The number of benzene rings is 2. The van der Waals surface area contributed by atoms with Crippen LogP contribution in [0.1, 0.15) is 34.8 Å². The minimum atomic E-state index is -0.426. The predicted octanol–water partition coefficient (Wildman–Crippen LogP) is 3.02. The molecule has 2 aromatic rings. The molecule has 1 aliphatic rings. The van der Waals surface area contributed by atoms with E-state index in [0.717, 1.165) is 5.56 Å². The van der Waals surface area contributed by atoms with Crippen molar-refractivity contribution in [2.75, 3.05) is 19.5 Å². The molecule has 0 bridgehead atoms. The van der Waals surface area contributed by atoms with Crippen LogP contribution in [0.5, 0.6) is 0 Å². The highest BCUT2D eigenvalue weighted by molar-refractivity contribution is 5.95. The van der Waals surface area contributed by atoms with Gasteiger partial charge in [-0.2, -0.15) is 0 Å². The first kappa shape index (κ1) is 18.6. The number of nitrogens with one attached hydrogen (secondary N) is 1. The lowest BCUT2D eigenvalue weighted by Crippen LogP contribution is -2.44. The molecule has 3 rings (SSSR count). The lowest BCUT2D eigenvalue weighted by molar-refractivity contribution is -0.140. The summed E-state index contributed by atoms with van der Waals surface area (Å²) in [5, 5.41) is 2.90. The zero-order valence-corrected chi connectivity index (χ0v) is 15.3. The van der Waals surface area contributed by atoms with Crippen LogP contribution < -0.4 is 5.32 Å². The number of hydrogen-bond donors (Lipinski definition) is 1. The standard InChI is InChI=1S/C21H22N2O4/c1-23-18(24)13-12-17(19(23)14-6-4-3-5-7-14)20(25)22-16-10-8-15(9-11-16)21(26)27-2/h3-11,17,19H,12-13H2,1-2H3,(H,22,25)/t17-,19+/m1/s1. The minimum Gasteiger partial charge on any atom is -0.465 e. The highest BCUT2D eigenvalue weighted by atomic mass is 16.5. The third kappa shape index (κ3) is 4.00. The molecular weight excluding hydrogens is 344 g/mol. The van der Waals surface area contributed by atoms with E-state index < -0.39 is 5.97 Å². The number of rotatable bonds is 4. The van der Waals surface area contributed by atoms with Crippen LogP contribution in [0.2, 0.25) is 0 Å². The van der Waals surface area contributed by atoms with Gasteiger partial charge in [-0.3, -0.25) is 9.59 Å². The van der Waals surface area contributed by atoms with Crippen LogP contribution in [0.3, 0.4) is 0 Å². The van der Waals surface area contributed by atoms with Crippen molar-refractivity contribution in [3.8, 4) is 0 Å². The lowest BCUT2D eigenvalue weighted by Gasteiger charge is -2.38. The van der Waals surface area contributed by atoms with Gasteiger partial charge >= 0.3 is 5.97 Å². The van der Waals surface area contributed by atoms with Gasteiger partial charge in [-0.15, -0.1) is 0 Å². The number of amides is 2. The normalized spacial score (nSPS) is 19.5. The van der Waals surface area contributed by atoms with E-state index in [9.17, 15) is 14.4 Å². The summed E-state index contributed by atoms with van der Waals surface area (Å²) < 4.78 is 4.67. The van der Waals surface area contributed by atoms with E-state index in [1.807, 2.05) is 30.3 Å². The van der Waals surface area contributed by atoms with E-state index in [1.54, 1.807) is 36.2 Å². The Labute approximate surface area is 158 Å². The van der Waals surface area contributed by atoms with Crippen molar-refractivity contribution in [3.05, 3.63) is 65.7 Å². The summed E-state index contributed by atoms with van der Waals surface area (Å²) in [7, 11) is 3.06. The summed E-state index contributed by atoms with van der Waals surface area (Å²) in [5.41, 5.74) is 1.95. The van der Waals surface area contributed by atoms with Crippen molar-refractivity contribution in [1.82, 2.24) is 4.90 Å². The zero-order chi connectivity index (χ0) is 19.4. The molecule has 0 unspecified atom stereocenters. The SMILES string of the molecule is COC(=O)c1ccc(NC(=O)[C@@H]2CCC(=O)N(C)[C@H]2c2ccccc2)cc1. The van der Waals surface area contributed by atoms with Crippen LogP contribution in [0, 0.1) is 5.92 Å². The lowest BCUT2D eigenvalue weighted by atomic mass is 9.84. The van der Waals surface area contributed by atoms with Gasteiger partial charge in [0.1, 0.15) is 0 Å². The van der Waals surface area contributed by atoms with Crippen molar-refractivity contribution in [2.45, 2.75) is 18.9 Å². The minimum absolute atomic E-state index is 0.0373. The second kappa shape index (κ2) is 8.03. The molecule has 27 heavy (non-hydrogen) atoms. The molecular formula is C21H22N2O4. The first-order chi connectivity index (χ1) is 13.0. The average Bonchev–Trinajstić information content (AvgIpc) is 2.70. The Bertz CT molecular complexity index is 833. The van der Waals surface area contributed by atoms with E-state index in [0.29, 0.717) is 24.1 Å². The van der Waals surface area contributed by atoms with E-state index in [4.69, 9.17) is 0 Å². The summed E-state index contributed by atoms with van der Waals surface area (Å²) >= 11 is 0. The van der Waals surface area contributed by atoms with Crippen LogP contribution in [0.25, 0.3) is 0 Å². The fourth-order valence-corrected chi connectivity index (χ4v) is 3.46. The number of carbonyl (C=O) groups is 3. The van der Waals surface area contributed by atoms with Crippen molar-refractivity contribution in [2.24, 2.45) is 5.92 Å². The number of nitrogens with zero attached hydrogens (tertiary/aromatic N) is 1. The van der Waals surface area contributed by atoms with Crippen molar-refractivity contribution in [1.29, 1.82) is 0 Å². The molecule has 1 aliphatic heterocycles. The first-order valence-electron chi connectivity index (χ1n) is 8.81. The van der Waals surface area contributed by atoms with Gasteiger partial charge in [0, 0.05) is 19.2 Å². The summed E-state index contributed by atoms with van der Waals surface area (Å²) in [6, 6.07) is 15.8. The molecule has 2 atom stereocenters. The maximum atomic E-state index is 12.9. The van der Waals surface area contributed by atoms with E-state index in [1.165, 1.54) is 7.11 Å². The van der Waals surface area contributed by atoms with Gasteiger partial charge in [0.05, 0.1) is 24.6 Å². The number of piperidine rings is 1. The smallest absolute Gasteiger partial charge is 0.337 e. The zero-order valence-electron chi connectivity index (χ0n) is 15.3. The highest BCUT2D eigenvalue weighted by Gasteiger charge is 2.38. The second-order valence-electron chi connectivity index (χ2n) is 6.56. The molecule has 1 saturated heterocycles. The van der Waals surface area contributed by atoms with Crippen LogP contribution in [-0.2, 0) is 14.3 Å². The molecule has 2 amide bonds. The van der Waals surface area contributed by atoms with Crippen molar-refractivity contribution in [3.63, 3.8) is 0 Å². The Kier molecular flexibility index (Phi) is 5.54. The number of likely N-dealkylation sites (tertiary alicyclic amines) is 1. The molecule has 6 heteroatoms. The number of esters is 1. The quantitative estimate of drug-likeness (QED) is 0.844. The fourth-order valence-electron chi connectivity index (χ4n) is 3.46. The van der Waals surface area contributed by atoms with Gasteiger partial charge in [-0.25, -0.2) is 4.79 Å². The van der Waals surface area contributed by atoms with Gasteiger partial charge in [0.15, 0.2) is 0 Å². The second-order valence-corrected chi connectivity index (χ2v) is 6.56. The maximum absolute atomic E-state index is 12.9. The number of methoxy groups -OCH3 is 1. The molecule has 1 fully saturated rings. The van der Waals surface area contributed by atoms with Crippen LogP contribution >= 0.6 is 0 Å². The van der Waals surface area contributed by atoms with Gasteiger partial charge in [-0.05, 0) is 36.2 Å². The predicted molar refractivity (Wildman–Crippen MR) is 101 cm³/mol. The largest absolute Gasteiger partial charge is 0.465 e. The Hall–Kier alpha value is -3.15. The molecule has 1 N–H and O–H groups in total. The Morgan fingerprint density at radius 3 is 2.37 bits per heavy atom. The third-order valence-electron chi connectivity index (χ3n) is 4.91. The van der Waals surface area contributed by atoms with Crippen LogP contribution in [0.4, 0.5) is 5.69 Å². The fraction of sp³-hybridized carbons (Fsp3) is 0.286. The molecule has 6 nitrogen and oxygen atoms in total. The number of carbonyl (C=O) groups excluding carboxylic acids is 3. The third-order valence-corrected chi connectivity index (χ3v) is 4.91. The number of hydrogen-bond acceptors (Lipinski definition) is 4. The average molecular weight is 366 g/mol. The molecule has 140 valence electrons. The summed E-state index contributed by atoms with van der Waals surface area (Å²) in [5.74, 6) is -0.885. The Morgan fingerprint density at radius 1 is 1.07 bits per heavy atom. The summed E-state index contributed by atoms with van der Waals surface area (Å²) in [4.78, 5) is 38.3. The van der Waals surface area contributed by atoms with Gasteiger partial charge < -0.3 is 15.0 Å². The Balaban J connectivity index is 1.79. The first-order valence-corrected chi connectivity index (χ1v) is 8.81. The Morgan fingerprint density at radius 2 is 1.74 bits per heavy atom. The van der Waals surface area contributed by atoms with Gasteiger partial charge in [-0.1, -0.05) is 30.3 Å². The van der Waals surface area contributed by atoms with Crippen molar-refractivity contribution >= 4 is 23.5 Å². The van der Waals surface area contributed by atoms with E-state index >= 15 is 0 Å². The highest BCUT2D eigenvalue weighted by Crippen LogP contribution is 2.36. The molecule has 0 saturated carbocycles. The van der Waals surface area contributed by atoms with Gasteiger partial charge in [0.2, 0.25) is 11.8 Å². The van der Waals surface area contributed by atoms with E-state index in [2.05, 4.69) is 10.1 Å². The molecule has 0 spiro atoms. The summed E-state index contributed by atoms with van der Waals surface area (Å²) in [6.45, 7) is 0. The number of anilines is 1. The molecule has 1 heterocycles. The molecule has 0 aromatic heterocycles. The van der Waals surface area contributed by atoms with Crippen LogP contribution in [-0.4, -0.2) is 36.8 Å². The molecule has 0 aliphatic carbocycles. The monoisotopic (exact) mass is 366 g/mol. The van der Waals surface area contributed by atoms with E-state index in [-0.39, 0.29) is 23.8 Å². The number of ether oxygens (including phenoxy) is 1. The van der Waals surface area contributed by atoms with Crippen LogP contribution in [0.15, 0.2) is 54.6 Å². The maximum Gasteiger partial charge on any atom is 0.337 e. The molecule has 0 radical (unpaired) electrons. The molecule has 2 aromatic carbocycles. The van der Waals surface area contributed by atoms with Crippen molar-refractivity contribution < 1.29 is 19.1 Å². The topological polar surface area (TPSA) is 75.7 Å². The summed E-state index contributed by atoms with van der Waals surface area (Å²) in [6.07, 6.45) is 0.841.